The van der Waals surface area contributed by atoms with Crippen LogP contribution in [0.1, 0.15) is 29.8 Å². The maximum atomic E-state index is 13.8. The first-order valence-corrected chi connectivity index (χ1v) is 11.0. The number of nitrogens with zero attached hydrogens (tertiary/aromatic N) is 2. The molecule has 0 radical (unpaired) electrons. The Morgan fingerprint density at radius 1 is 1.16 bits per heavy atom. The number of hydrogen-bond donors (Lipinski definition) is 1. The van der Waals surface area contributed by atoms with Crippen molar-refractivity contribution < 1.29 is 32.1 Å². The molecule has 172 valence electrons. The Morgan fingerprint density at radius 3 is 2.41 bits per heavy atom. The van der Waals surface area contributed by atoms with Gasteiger partial charge >= 0.3 is 5.97 Å². The third-order valence-electron chi connectivity index (χ3n) is 4.52. The predicted molar refractivity (Wildman–Crippen MR) is 113 cm³/mol. The molecule has 0 fully saturated rings. The third kappa shape index (κ3) is 5.65. The number of benzene rings is 2. The van der Waals surface area contributed by atoms with E-state index in [2.05, 4.69) is 5.32 Å². The van der Waals surface area contributed by atoms with Gasteiger partial charge in [0.1, 0.15) is 5.82 Å². The number of hydrogen-bond acceptors (Lipinski definition) is 7. The molecule has 0 spiro atoms. The van der Waals surface area contributed by atoms with Crippen molar-refractivity contribution in [2.75, 3.05) is 25.0 Å². The molecule has 32 heavy (non-hydrogen) atoms. The number of carbonyl (C=O) groups is 2. The largest absolute Gasteiger partial charge is 0.452 e. The lowest BCUT2D eigenvalue weighted by Gasteiger charge is -2.20. The van der Waals surface area contributed by atoms with Crippen LogP contribution in [0.25, 0.3) is 0 Å². The van der Waals surface area contributed by atoms with Crippen LogP contribution in [0.4, 0.5) is 15.8 Å². The maximum absolute atomic E-state index is 13.8. The van der Waals surface area contributed by atoms with Crippen LogP contribution in [-0.4, -0.2) is 49.2 Å². The van der Waals surface area contributed by atoms with Gasteiger partial charge in [0.25, 0.3) is 11.6 Å². The number of non-ortho nitro benzene ring substituents is 1. The summed E-state index contributed by atoms with van der Waals surface area (Å²) in [6.45, 7) is 4.66. The Morgan fingerprint density at radius 2 is 1.81 bits per heavy atom. The lowest BCUT2D eigenvalue weighted by atomic mass is 10.1. The summed E-state index contributed by atoms with van der Waals surface area (Å²) in [6, 6.07) is 6.57. The van der Waals surface area contributed by atoms with Crippen molar-refractivity contribution in [1.82, 2.24) is 4.31 Å². The van der Waals surface area contributed by atoms with Crippen LogP contribution >= 0.6 is 0 Å². The highest BCUT2D eigenvalue weighted by Gasteiger charge is 2.25. The smallest absolute Gasteiger partial charge is 0.338 e. The SMILES string of the molecule is CCN(CC)S(=O)(=O)c1cc(C(=O)OCC(=O)Nc2cc([N+](=O)[O-])ccc2F)ccc1C. The van der Waals surface area contributed by atoms with Crippen LogP contribution in [-0.2, 0) is 19.6 Å². The average molecular weight is 467 g/mol. The first kappa shape index (κ1) is 24.9. The van der Waals surface area contributed by atoms with Crippen LogP contribution in [0.15, 0.2) is 41.3 Å². The van der Waals surface area contributed by atoms with E-state index in [1.807, 2.05) is 0 Å². The number of esters is 1. The monoisotopic (exact) mass is 467 g/mol. The highest BCUT2D eigenvalue weighted by Crippen LogP contribution is 2.23. The summed E-state index contributed by atoms with van der Waals surface area (Å²) in [7, 11) is -3.83. The summed E-state index contributed by atoms with van der Waals surface area (Å²) in [5, 5.41) is 12.9. The van der Waals surface area contributed by atoms with Crippen molar-refractivity contribution in [2.45, 2.75) is 25.7 Å². The Balaban J connectivity index is 2.13. The molecule has 0 aromatic heterocycles. The molecule has 0 aliphatic heterocycles. The normalized spacial score (nSPS) is 11.3. The minimum absolute atomic E-state index is 0.0567. The van der Waals surface area contributed by atoms with Crippen molar-refractivity contribution in [3.63, 3.8) is 0 Å². The molecular weight excluding hydrogens is 445 g/mol. The van der Waals surface area contributed by atoms with Gasteiger partial charge in [-0.15, -0.1) is 0 Å². The Labute approximate surface area is 184 Å². The van der Waals surface area contributed by atoms with E-state index in [0.29, 0.717) is 5.56 Å². The number of rotatable bonds is 9. The average Bonchev–Trinajstić information content (AvgIpc) is 2.74. The zero-order chi connectivity index (χ0) is 24.1. The molecule has 0 saturated carbocycles. The topological polar surface area (TPSA) is 136 Å². The Kier molecular flexibility index (Phi) is 8.00. The molecular formula is C20H22FN3O7S. The van der Waals surface area contributed by atoms with E-state index in [0.717, 1.165) is 18.2 Å². The number of anilines is 1. The van der Waals surface area contributed by atoms with E-state index in [1.165, 1.54) is 22.5 Å². The van der Waals surface area contributed by atoms with E-state index in [4.69, 9.17) is 4.74 Å². The summed E-state index contributed by atoms with van der Waals surface area (Å²) in [6.07, 6.45) is 0. The fourth-order valence-corrected chi connectivity index (χ4v) is 4.54. The molecule has 0 aliphatic carbocycles. The summed E-state index contributed by atoms with van der Waals surface area (Å²) in [4.78, 5) is 34.3. The van der Waals surface area contributed by atoms with Crippen LogP contribution in [0, 0.1) is 22.9 Å². The molecule has 2 rings (SSSR count). The molecule has 0 atom stereocenters. The number of nitrogens with one attached hydrogen (secondary N) is 1. The highest BCUT2D eigenvalue weighted by atomic mass is 32.2. The van der Waals surface area contributed by atoms with Gasteiger partial charge in [-0.3, -0.25) is 14.9 Å². The molecule has 0 saturated heterocycles. The van der Waals surface area contributed by atoms with E-state index in [9.17, 15) is 32.5 Å². The van der Waals surface area contributed by atoms with Crippen molar-refractivity contribution in [3.05, 3.63) is 63.5 Å². The quantitative estimate of drug-likeness (QED) is 0.340. The minimum Gasteiger partial charge on any atom is -0.452 e. The minimum atomic E-state index is -3.83. The first-order valence-electron chi connectivity index (χ1n) is 9.53. The third-order valence-corrected chi connectivity index (χ3v) is 6.71. The van der Waals surface area contributed by atoms with Crippen molar-refractivity contribution in [1.29, 1.82) is 0 Å². The molecule has 1 N–H and O–H groups in total. The van der Waals surface area contributed by atoms with Gasteiger partial charge in [-0.25, -0.2) is 17.6 Å². The van der Waals surface area contributed by atoms with Gasteiger partial charge in [-0.1, -0.05) is 19.9 Å². The van der Waals surface area contributed by atoms with Crippen LogP contribution in [0.5, 0.6) is 0 Å². The van der Waals surface area contributed by atoms with Gasteiger partial charge in [-0.2, -0.15) is 4.31 Å². The predicted octanol–water partition coefficient (Wildman–Crippen LogP) is 2.87. The fourth-order valence-electron chi connectivity index (χ4n) is 2.83. The summed E-state index contributed by atoms with van der Waals surface area (Å²) < 4.78 is 45.5. The lowest BCUT2D eigenvalue weighted by molar-refractivity contribution is -0.384. The number of aryl methyl sites for hydroxylation is 1. The second-order valence-electron chi connectivity index (χ2n) is 6.62. The van der Waals surface area contributed by atoms with Gasteiger partial charge in [0.15, 0.2) is 6.61 Å². The summed E-state index contributed by atoms with van der Waals surface area (Å²) in [5.74, 6) is -2.79. The summed E-state index contributed by atoms with van der Waals surface area (Å²) >= 11 is 0. The maximum Gasteiger partial charge on any atom is 0.338 e. The van der Waals surface area contributed by atoms with Crippen molar-refractivity contribution in [2.24, 2.45) is 0 Å². The molecule has 0 bridgehead atoms. The van der Waals surface area contributed by atoms with E-state index in [-0.39, 0.29) is 23.5 Å². The summed E-state index contributed by atoms with van der Waals surface area (Å²) in [5.41, 5.74) is -0.522. The van der Waals surface area contributed by atoms with E-state index in [1.54, 1.807) is 20.8 Å². The van der Waals surface area contributed by atoms with Crippen LogP contribution < -0.4 is 5.32 Å². The van der Waals surface area contributed by atoms with Crippen molar-refractivity contribution >= 4 is 33.3 Å². The second kappa shape index (κ2) is 10.3. The second-order valence-corrected chi connectivity index (χ2v) is 8.52. The zero-order valence-corrected chi connectivity index (χ0v) is 18.4. The molecule has 1 amide bonds. The molecule has 0 unspecified atom stereocenters. The van der Waals surface area contributed by atoms with Gasteiger partial charge in [0.2, 0.25) is 10.0 Å². The number of amides is 1. The number of carbonyl (C=O) groups excluding carboxylic acids is 2. The number of nitro benzene ring substituents is 1. The lowest BCUT2D eigenvalue weighted by Crippen LogP contribution is -2.31. The number of nitro groups is 1. The van der Waals surface area contributed by atoms with Gasteiger partial charge < -0.3 is 10.1 Å². The molecule has 0 heterocycles. The molecule has 0 aliphatic rings. The van der Waals surface area contributed by atoms with Crippen LogP contribution in [0.3, 0.4) is 0 Å². The van der Waals surface area contributed by atoms with Crippen molar-refractivity contribution in [3.8, 4) is 0 Å². The Hall–Kier alpha value is -3.38. The molecule has 2 aromatic carbocycles. The number of ether oxygens (including phenoxy) is 1. The first-order chi connectivity index (χ1) is 15.0. The van der Waals surface area contributed by atoms with Gasteiger partial charge in [0.05, 0.1) is 21.1 Å². The molecule has 12 heteroatoms. The zero-order valence-electron chi connectivity index (χ0n) is 17.6. The Bertz CT molecular complexity index is 1150. The number of sulfonamides is 1. The van der Waals surface area contributed by atoms with E-state index >= 15 is 0 Å². The van der Waals surface area contributed by atoms with Gasteiger partial charge in [0, 0.05) is 25.2 Å². The number of halogens is 1. The molecule has 2 aromatic rings. The van der Waals surface area contributed by atoms with Crippen LogP contribution in [0.2, 0.25) is 0 Å². The van der Waals surface area contributed by atoms with E-state index < -0.39 is 50.6 Å². The molecule has 10 nitrogen and oxygen atoms in total. The fraction of sp³-hybridized carbons (Fsp3) is 0.300. The standard InChI is InChI=1S/C20H22FN3O7S/c1-4-23(5-2)32(29,30)18-10-14(7-6-13(18)3)20(26)31-12-19(25)22-17-11-15(24(27)28)8-9-16(17)21/h6-11H,4-5,12H2,1-3H3,(H,22,25). The van der Waals surface area contributed by atoms with Gasteiger partial charge in [-0.05, 0) is 30.7 Å². The highest BCUT2D eigenvalue weighted by molar-refractivity contribution is 7.89.